The number of fused-ring (bicyclic) bond motifs is 1. The Morgan fingerprint density at radius 1 is 1.11 bits per heavy atom. The number of aliphatic carboxylic acids is 1. The normalized spacial score (nSPS) is 12.8. The van der Waals surface area contributed by atoms with E-state index in [0.29, 0.717) is 16.5 Å². The molecule has 3 aromatic rings. The van der Waals surface area contributed by atoms with Crippen molar-refractivity contribution in [1.29, 1.82) is 0 Å². The standard InChI is InChI=1S/C23H24O5/c1-13-6-11-18-17(12-13)19(24)21(27-14(2)22(25)26)20(28-18)15-7-9-16(10-8-15)23(3,4)5/h6-12,14H,1-5H3,(H,25,26). The van der Waals surface area contributed by atoms with Crippen LogP contribution < -0.4 is 10.2 Å². The number of rotatable bonds is 4. The van der Waals surface area contributed by atoms with Crippen molar-refractivity contribution >= 4 is 16.9 Å². The van der Waals surface area contributed by atoms with Gasteiger partial charge in [0.05, 0.1) is 5.39 Å². The Morgan fingerprint density at radius 2 is 1.75 bits per heavy atom. The maximum Gasteiger partial charge on any atom is 0.344 e. The topological polar surface area (TPSA) is 76.7 Å². The number of aryl methyl sites for hydroxylation is 1. The molecule has 1 N–H and O–H groups in total. The van der Waals surface area contributed by atoms with Crippen LogP contribution in [0.15, 0.2) is 51.7 Å². The lowest BCUT2D eigenvalue weighted by Gasteiger charge is -2.19. The lowest BCUT2D eigenvalue weighted by atomic mass is 9.86. The van der Waals surface area contributed by atoms with Crippen molar-refractivity contribution in [2.75, 3.05) is 0 Å². The van der Waals surface area contributed by atoms with E-state index in [0.717, 1.165) is 11.1 Å². The maximum atomic E-state index is 13.1. The number of carboxylic acids is 1. The van der Waals surface area contributed by atoms with E-state index >= 15 is 0 Å². The Bertz CT molecular complexity index is 1080. The number of carbonyl (C=O) groups is 1. The van der Waals surface area contributed by atoms with Gasteiger partial charge < -0.3 is 14.3 Å². The second kappa shape index (κ2) is 7.15. The SMILES string of the molecule is Cc1ccc2oc(-c3ccc(C(C)(C)C)cc3)c(OC(C)C(=O)O)c(=O)c2c1. The van der Waals surface area contributed by atoms with Gasteiger partial charge in [-0.25, -0.2) is 4.79 Å². The molecule has 146 valence electrons. The number of ether oxygens (including phenoxy) is 1. The molecule has 0 aliphatic carbocycles. The largest absolute Gasteiger partial charge is 0.479 e. The van der Waals surface area contributed by atoms with Crippen LogP contribution in [0.4, 0.5) is 0 Å². The summed E-state index contributed by atoms with van der Waals surface area (Å²) in [5, 5.41) is 9.58. The van der Waals surface area contributed by atoms with Gasteiger partial charge in [0.2, 0.25) is 11.2 Å². The van der Waals surface area contributed by atoms with E-state index in [2.05, 4.69) is 20.8 Å². The molecule has 0 saturated carbocycles. The van der Waals surface area contributed by atoms with E-state index < -0.39 is 12.1 Å². The lowest BCUT2D eigenvalue weighted by Crippen LogP contribution is -2.26. The van der Waals surface area contributed by atoms with Gasteiger partial charge in [-0.3, -0.25) is 4.79 Å². The average Bonchev–Trinajstić information content (AvgIpc) is 2.63. The Balaban J connectivity index is 2.23. The molecule has 3 rings (SSSR count). The van der Waals surface area contributed by atoms with Crippen molar-refractivity contribution < 1.29 is 19.1 Å². The van der Waals surface area contributed by atoms with Crippen molar-refractivity contribution in [3.05, 3.63) is 63.8 Å². The zero-order valence-electron chi connectivity index (χ0n) is 16.7. The van der Waals surface area contributed by atoms with Gasteiger partial charge in [0.25, 0.3) is 0 Å². The predicted molar refractivity (Wildman–Crippen MR) is 109 cm³/mol. The van der Waals surface area contributed by atoms with Crippen LogP contribution >= 0.6 is 0 Å². The lowest BCUT2D eigenvalue weighted by molar-refractivity contribution is -0.144. The highest BCUT2D eigenvalue weighted by molar-refractivity contribution is 5.83. The molecule has 0 fully saturated rings. The third kappa shape index (κ3) is 3.79. The fourth-order valence-corrected chi connectivity index (χ4v) is 2.94. The Morgan fingerprint density at radius 3 is 2.32 bits per heavy atom. The summed E-state index contributed by atoms with van der Waals surface area (Å²) in [4.78, 5) is 24.4. The predicted octanol–water partition coefficient (Wildman–Crippen LogP) is 4.92. The first-order valence-electron chi connectivity index (χ1n) is 9.16. The Kier molecular flexibility index (Phi) is 5.02. The minimum absolute atomic E-state index is 0.0164. The molecule has 0 aliphatic heterocycles. The Hall–Kier alpha value is -3.08. The number of hydrogen-bond donors (Lipinski definition) is 1. The van der Waals surface area contributed by atoms with Crippen LogP contribution in [0.5, 0.6) is 5.75 Å². The summed E-state index contributed by atoms with van der Waals surface area (Å²) >= 11 is 0. The van der Waals surface area contributed by atoms with Gasteiger partial charge in [-0.15, -0.1) is 0 Å². The molecule has 5 nitrogen and oxygen atoms in total. The zero-order chi connectivity index (χ0) is 20.6. The molecular weight excluding hydrogens is 356 g/mol. The number of benzene rings is 2. The fourth-order valence-electron chi connectivity index (χ4n) is 2.94. The van der Waals surface area contributed by atoms with Gasteiger partial charge in [0, 0.05) is 5.56 Å². The maximum absolute atomic E-state index is 13.1. The summed E-state index contributed by atoms with van der Waals surface area (Å²) < 4.78 is 11.5. The van der Waals surface area contributed by atoms with Crippen molar-refractivity contribution in [3.63, 3.8) is 0 Å². The van der Waals surface area contributed by atoms with E-state index in [4.69, 9.17) is 9.15 Å². The van der Waals surface area contributed by atoms with E-state index in [1.165, 1.54) is 6.92 Å². The van der Waals surface area contributed by atoms with Gasteiger partial charge in [-0.05, 0) is 37.0 Å². The molecule has 5 heteroatoms. The highest BCUT2D eigenvalue weighted by atomic mass is 16.5. The summed E-state index contributed by atoms with van der Waals surface area (Å²) in [7, 11) is 0. The van der Waals surface area contributed by atoms with E-state index in [-0.39, 0.29) is 22.4 Å². The molecule has 0 bridgehead atoms. The quantitative estimate of drug-likeness (QED) is 0.695. The van der Waals surface area contributed by atoms with Crippen LogP contribution in [0, 0.1) is 6.92 Å². The second-order valence-corrected chi connectivity index (χ2v) is 8.01. The van der Waals surface area contributed by atoms with Crippen LogP contribution in [-0.4, -0.2) is 17.2 Å². The molecule has 0 spiro atoms. The average molecular weight is 380 g/mol. The number of carboxylic acid groups (broad SMARTS) is 1. The molecule has 0 saturated heterocycles. The molecule has 2 aromatic carbocycles. The van der Waals surface area contributed by atoms with Crippen LogP contribution in [0.1, 0.15) is 38.8 Å². The van der Waals surface area contributed by atoms with Crippen molar-refractivity contribution in [3.8, 4) is 17.1 Å². The van der Waals surface area contributed by atoms with E-state index in [9.17, 15) is 14.7 Å². The van der Waals surface area contributed by atoms with Gasteiger partial charge in [-0.2, -0.15) is 0 Å². The summed E-state index contributed by atoms with van der Waals surface area (Å²) in [5.74, 6) is -1.01. The van der Waals surface area contributed by atoms with Crippen molar-refractivity contribution in [1.82, 2.24) is 0 Å². The van der Waals surface area contributed by atoms with Crippen LogP contribution in [-0.2, 0) is 10.2 Å². The molecule has 1 heterocycles. The highest BCUT2D eigenvalue weighted by Crippen LogP contribution is 2.33. The van der Waals surface area contributed by atoms with Crippen molar-refractivity contribution in [2.45, 2.75) is 46.1 Å². The third-order valence-corrected chi connectivity index (χ3v) is 4.66. The molecule has 0 amide bonds. The first-order chi connectivity index (χ1) is 13.1. The summed E-state index contributed by atoms with van der Waals surface area (Å²) in [5.41, 5.74) is 2.72. The summed E-state index contributed by atoms with van der Waals surface area (Å²) in [6.07, 6.45) is -1.18. The second-order valence-electron chi connectivity index (χ2n) is 8.01. The summed E-state index contributed by atoms with van der Waals surface area (Å²) in [6.45, 7) is 9.60. The molecule has 1 aromatic heterocycles. The van der Waals surface area contributed by atoms with Gasteiger partial charge in [0.1, 0.15) is 5.58 Å². The van der Waals surface area contributed by atoms with Crippen LogP contribution in [0.25, 0.3) is 22.3 Å². The fraction of sp³-hybridized carbons (Fsp3) is 0.304. The van der Waals surface area contributed by atoms with E-state index in [1.54, 1.807) is 12.1 Å². The molecule has 28 heavy (non-hydrogen) atoms. The van der Waals surface area contributed by atoms with Gasteiger partial charge in [0.15, 0.2) is 11.9 Å². The molecule has 0 radical (unpaired) electrons. The minimum Gasteiger partial charge on any atom is -0.479 e. The van der Waals surface area contributed by atoms with Crippen molar-refractivity contribution in [2.24, 2.45) is 0 Å². The highest BCUT2D eigenvalue weighted by Gasteiger charge is 2.23. The number of hydrogen-bond acceptors (Lipinski definition) is 4. The molecular formula is C23H24O5. The van der Waals surface area contributed by atoms with E-state index in [1.807, 2.05) is 37.3 Å². The molecule has 1 atom stereocenters. The minimum atomic E-state index is -1.18. The molecule has 1 unspecified atom stereocenters. The molecule has 0 aliphatic rings. The zero-order valence-corrected chi connectivity index (χ0v) is 16.7. The monoisotopic (exact) mass is 380 g/mol. The van der Waals surface area contributed by atoms with Gasteiger partial charge >= 0.3 is 5.97 Å². The third-order valence-electron chi connectivity index (χ3n) is 4.66. The van der Waals surface area contributed by atoms with Crippen LogP contribution in [0.3, 0.4) is 0 Å². The first-order valence-corrected chi connectivity index (χ1v) is 9.16. The first kappa shape index (κ1) is 19.7. The smallest absolute Gasteiger partial charge is 0.344 e. The van der Waals surface area contributed by atoms with Crippen LogP contribution in [0.2, 0.25) is 0 Å². The Labute approximate surface area is 163 Å². The summed E-state index contributed by atoms with van der Waals surface area (Å²) in [6, 6.07) is 13.0. The van der Waals surface area contributed by atoms with Gasteiger partial charge in [-0.1, -0.05) is 56.7 Å².